The minimum Gasteiger partial charge on any atom is -0.500 e. The van der Waals surface area contributed by atoms with Crippen LogP contribution in [0.4, 0.5) is 0 Å². The average Bonchev–Trinajstić information content (AvgIpc) is 2.48. The summed E-state index contributed by atoms with van der Waals surface area (Å²) >= 11 is 0. The lowest BCUT2D eigenvalue weighted by Crippen LogP contribution is -2.12. The van der Waals surface area contributed by atoms with Crippen molar-refractivity contribution in [2.45, 2.75) is 26.0 Å². The molecule has 23 heavy (non-hydrogen) atoms. The van der Waals surface area contributed by atoms with E-state index in [-0.39, 0.29) is 17.3 Å². The fourth-order valence-corrected chi connectivity index (χ4v) is 3.38. The highest BCUT2D eigenvalue weighted by Gasteiger charge is 2.16. The molecule has 0 atom stereocenters. The van der Waals surface area contributed by atoms with E-state index in [1.54, 1.807) is 25.1 Å². The SMILES string of the molecule is CCCS(=O)(=O)Cc1ccc(C)c(O/C(=C\OC)C(=O)OC)c1. The molecule has 0 amide bonds. The van der Waals surface area contributed by atoms with Crippen molar-refractivity contribution >= 4 is 15.8 Å². The number of benzene rings is 1. The third kappa shape index (κ3) is 5.94. The third-order valence-electron chi connectivity index (χ3n) is 2.99. The van der Waals surface area contributed by atoms with Crippen molar-refractivity contribution in [2.75, 3.05) is 20.0 Å². The van der Waals surface area contributed by atoms with E-state index >= 15 is 0 Å². The summed E-state index contributed by atoms with van der Waals surface area (Å²) < 4.78 is 38.8. The number of aryl methyl sites for hydroxylation is 1. The standard InChI is InChI=1S/C16H22O6S/c1-5-8-23(18,19)11-13-7-6-12(2)14(9-13)22-15(10-20-3)16(17)21-4/h6-7,9-10H,5,8,11H2,1-4H3/b15-10-. The van der Waals surface area contributed by atoms with Crippen LogP contribution < -0.4 is 4.74 Å². The molecule has 1 aromatic rings. The van der Waals surface area contributed by atoms with Crippen LogP contribution in [0.2, 0.25) is 0 Å². The molecule has 1 aromatic carbocycles. The number of sulfone groups is 1. The second-order valence-electron chi connectivity index (χ2n) is 5.00. The molecule has 0 unspecified atom stereocenters. The summed E-state index contributed by atoms with van der Waals surface area (Å²) in [6, 6.07) is 5.08. The largest absolute Gasteiger partial charge is 0.500 e. The van der Waals surface area contributed by atoms with Gasteiger partial charge in [0.2, 0.25) is 5.76 Å². The maximum atomic E-state index is 11.9. The normalized spacial score (nSPS) is 11.9. The number of methoxy groups -OCH3 is 2. The molecular weight excluding hydrogens is 320 g/mol. The molecule has 0 saturated carbocycles. The molecule has 6 nitrogen and oxygen atoms in total. The Labute approximate surface area is 137 Å². The smallest absolute Gasteiger partial charge is 0.377 e. The van der Waals surface area contributed by atoms with Gasteiger partial charge in [-0.3, -0.25) is 0 Å². The quantitative estimate of drug-likeness (QED) is 0.410. The van der Waals surface area contributed by atoms with E-state index in [2.05, 4.69) is 4.74 Å². The molecular formula is C16H22O6S. The Kier molecular flexibility index (Phi) is 7.09. The van der Waals surface area contributed by atoms with Crippen LogP contribution in [0.5, 0.6) is 5.75 Å². The lowest BCUT2D eigenvalue weighted by Gasteiger charge is -2.12. The molecule has 0 aliphatic rings. The number of carbonyl (C=O) groups is 1. The van der Waals surface area contributed by atoms with Crippen LogP contribution in [0.1, 0.15) is 24.5 Å². The first-order valence-corrected chi connectivity index (χ1v) is 8.94. The van der Waals surface area contributed by atoms with E-state index < -0.39 is 15.8 Å². The summed E-state index contributed by atoms with van der Waals surface area (Å²) in [6.07, 6.45) is 1.70. The molecule has 0 radical (unpaired) electrons. The Bertz CT molecular complexity index is 676. The second-order valence-corrected chi connectivity index (χ2v) is 7.19. The number of hydrogen-bond acceptors (Lipinski definition) is 6. The van der Waals surface area contributed by atoms with Crippen molar-refractivity contribution in [3.05, 3.63) is 41.3 Å². The van der Waals surface area contributed by atoms with E-state index in [1.807, 2.05) is 6.92 Å². The molecule has 0 spiro atoms. The Morgan fingerprint density at radius 2 is 1.96 bits per heavy atom. The van der Waals surface area contributed by atoms with Gasteiger partial charge in [-0.1, -0.05) is 19.1 Å². The molecule has 0 saturated heterocycles. The zero-order valence-electron chi connectivity index (χ0n) is 13.8. The minimum absolute atomic E-state index is 0.0704. The zero-order valence-corrected chi connectivity index (χ0v) is 14.6. The lowest BCUT2D eigenvalue weighted by atomic mass is 10.1. The highest BCUT2D eigenvalue weighted by molar-refractivity contribution is 7.90. The summed E-state index contributed by atoms with van der Waals surface area (Å²) in [7, 11) is -0.547. The van der Waals surface area contributed by atoms with Gasteiger partial charge in [-0.15, -0.1) is 0 Å². The van der Waals surface area contributed by atoms with Gasteiger partial charge in [-0.05, 0) is 30.5 Å². The van der Waals surface area contributed by atoms with Gasteiger partial charge in [0, 0.05) is 0 Å². The van der Waals surface area contributed by atoms with Crippen molar-refractivity contribution in [3.8, 4) is 5.75 Å². The monoisotopic (exact) mass is 342 g/mol. The summed E-state index contributed by atoms with van der Waals surface area (Å²) in [4.78, 5) is 11.6. The molecule has 128 valence electrons. The van der Waals surface area contributed by atoms with Crippen molar-refractivity contribution in [1.29, 1.82) is 0 Å². The van der Waals surface area contributed by atoms with Crippen molar-refractivity contribution in [2.24, 2.45) is 0 Å². The van der Waals surface area contributed by atoms with Gasteiger partial charge < -0.3 is 14.2 Å². The van der Waals surface area contributed by atoms with Crippen molar-refractivity contribution < 1.29 is 27.4 Å². The van der Waals surface area contributed by atoms with Crippen molar-refractivity contribution in [1.82, 2.24) is 0 Å². The highest BCUT2D eigenvalue weighted by Crippen LogP contribution is 2.23. The van der Waals surface area contributed by atoms with Gasteiger partial charge in [0.05, 0.1) is 25.7 Å². The number of hydrogen-bond donors (Lipinski definition) is 0. The number of rotatable bonds is 8. The Morgan fingerprint density at radius 3 is 2.52 bits per heavy atom. The molecule has 0 heterocycles. The maximum absolute atomic E-state index is 11.9. The first kappa shape index (κ1) is 19.0. The van der Waals surface area contributed by atoms with E-state index in [1.165, 1.54) is 14.2 Å². The second kappa shape index (κ2) is 8.57. The Balaban J connectivity index is 3.06. The topological polar surface area (TPSA) is 78.9 Å². The molecule has 0 aliphatic heterocycles. The average molecular weight is 342 g/mol. The number of esters is 1. The summed E-state index contributed by atoms with van der Waals surface area (Å²) in [5.74, 6) is -0.364. The van der Waals surface area contributed by atoms with Crippen molar-refractivity contribution in [3.63, 3.8) is 0 Å². The molecule has 0 aliphatic carbocycles. The Hall–Kier alpha value is -2.02. The third-order valence-corrected chi connectivity index (χ3v) is 4.79. The first-order valence-electron chi connectivity index (χ1n) is 7.12. The van der Waals surface area contributed by atoms with Gasteiger partial charge in [-0.2, -0.15) is 0 Å². The van der Waals surface area contributed by atoms with Crippen LogP contribution in [0.3, 0.4) is 0 Å². The predicted molar refractivity (Wildman–Crippen MR) is 86.7 cm³/mol. The summed E-state index contributed by atoms with van der Waals surface area (Å²) in [5.41, 5.74) is 1.35. The molecule has 0 aromatic heterocycles. The number of ether oxygens (including phenoxy) is 3. The summed E-state index contributed by atoms with van der Waals surface area (Å²) in [6.45, 7) is 3.61. The predicted octanol–water partition coefficient (Wildman–Crippen LogP) is 2.36. The van der Waals surface area contributed by atoms with Gasteiger partial charge in [-0.25, -0.2) is 13.2 Å². The van der Waals surface area contributed by atoms with E-state index in [4.69, 9.17) is 9.47 Å². The lowest BCUT2D eigenvalue weighted by molar-refractivity contribution is -0.138. The highest BCUT2D eigenvalue weighted by atomic mass is 32.2. The molecule has 0 N–H and O–H groups in total. The van der Waals surface area contributed by atoms with Crippen LogP contribution in [-0.4, -0.2) is 34.4 Å². The fourth-order valence-electron chi connectivity index (χ4n) is 1.92. The van der Waals surface area contributed by atoms with E-state index in [0.29, 0.717) is 17.7 Å². The fraction of sp³-hybridized carbons (Fsp3) is 0.438. The van der Waals surface area contributed by atoms with Gasteiger partial charge >= 0.3 is 5.97 Å². The van der Waals surface area contributed by atoms with Gasteiger partial charge in [0.1, 0.15) is 12.0 Å². The zero-order chi connectivity index (χ0) is 17.5. The van der Waals surface area contributed by atoms with E-state index in [9.17, 15) is 13.2 Å². The van der Waals surface area contributed by atoms with E-state index in [0.717, 1.165) is 11.8 Å². The molecule has 7 heteroatoms. The van der Waals surface area contributed by atoms with Crippen LogP contribution in [0.25, 0.3) is 0 Å². The van der Waals surface area contributed by atoms with Crippen LogP contribution in [0, 0.1) is 6.92 Å². The van der Waals surface area contributed by atoms with Gasteiger partial charge in [0.25, 0.3) is 0 Å². The minimum atomic E-state index is -3.16. The molecule has 0 bridgehead atoms. The first-order chi connectivity index (χ1) is 10.8. The number of carbonyl (C=O) groups excluding carboxylic acids is 1. The van der Waals surface area contributed by atoms with Crippen LogP contribution >= 0.6 is 0 Å². The molecule has 0 fully saturated rings. The maximum Gasteiger partial charge on any atom is 0.377 e. The Morgan fingerprint density at radius 1 is 1.26 bits per heavy atom. The van der Waals surface area contributed by atoms with Crippen LogP contribution in [-0.2, 0) is 29.9 Å². The summed E-state index contributed by atoms with van der Waals surface area (Å²) in [5, 5.41) is 0. The molecule has 1 rings (SSSR count). The van der Waals surface area contributed by atoms with Crippen LogP contribution in [0.15, 0.2) is 30.2 Å². The van der Waals surface area contributed by atoms with Gasteiger partial charge in [0.15, 0.2) is 9.84 Å².